The summed E-state index contributed by atoms with van der Waals surface area (Å²) in [7, 11) is 0. The molecule has 2 heteroatoms. The highest BCUT2D eigenvalue weighted by Gasteiger charge is 2.06. The zero-order valence-corrected chi connectivity index (χ0v) is 11.6. The first kappa shape index (κ1) is 11.4. The number of halogens is 1. The molecule has 0 atom stereocenters. The van der Waals surface area contributed by atoms with Gasteiger partial charge in [-0.15, -0.1) is 0 Å². The van der Waals surface area contributed by atoms with Crippen molar-refractivity contribution in [3.8, 4) is 11.3 Å². The number of hydrogen-bond acceptors (Lipinski definition) is 1. The van der Waals surface area contributed by atoms with Crippen molar-refractivity contribution in [3.05, 3.63) is 64.8 Å². The average Bonchev–Trinajstić information content (AvgIpc) is 2.38. The molecular formula is C16H12BrN. The van der Waals surface area contributed by atoms with Gasteiger partial charge in [0.05, 0.1) is 5.69 Å². The first-order chi connectivity index (χ1) is 8.74. The molecule has 0 saturated heterocycles. The van der Waals surface area contributed by atoms with Gasteiger partial charge in [0.2, 0.25) is 0 Å². The minimum Gasteiger partial charge on any atom is -0.252 e. The zero-order valence-electron chi connectivity index (χ0n) is 10.0. The Kier molecular flexibility index (Phi) is 2.88. The minimum atomic E-state index is 1.05. The van der Waals surface area contributed by atoms with Crippen LogP contribution in [0.15, 0.2) is 59.1 Å². The third-order valence-electron chi connectivity index (χ3n) is 2.99. The Hall–Kier alpha value is -1.67. The van der Waals surface area contributed by atoms with Crippen LogP contribution in [0.25, 0.3) is 22.0 Å². The molecule has 0 fully saturated rings. The molecule has 0 N–H and O–H groups in total. The standard InChI is InChI=1S/C16H12BrN/c1-11-10-13-4-2-3-5-15(13)16(18-11)12-6-8-14(17)9-7-12/h2-10H,1H3. The van der Waals surface area contributed by atoms with E-state index in [1.807, 2.05) is 19.1 Å². The SMILES string of the molecule is Cc1cc2ccccc2c(-c2ccc(Br)cc2)n1. The van der Waals surface area contributed by atoms with E-state index in [1.54, 1.807) is 0 Å². The smallest absolute Gasteiger partial charge is 0.0783 e. The van der Waals surface area contributed by atoms with Crippen LogP contribution in [0, 0.1) is 6.92 Å². The predicted octanol–water partition coefficient (Wildman–Crippen LogP) is 4.97. The van der Waals surface area contributed by atoms with Gasteiger partial charge in [-0.1, -0.05) is 52.3 Å². The van der Waals surface area contributed by atoms with Gasteiger partial charge in [0.1, 0.15) is 0 Å². The monoisotopic (exact) mass is 297 g/mol. The van der Waals surface area contributed by atoms with E-state index in [4.69, 9.17) is 0 Å². The molecule has 0 aliphatic heterocycles. The van der Waals surface area contributed by atoms with Crippen LogP contribution in [0.2, 0.25) is 0 Å². The van der Waals surface area contributed by atoms with E-state index in [0.29, 0.717) is 0 Å². The van der Waals surface area contributed by atoms with Crippen molar-refractivity contribution in [3.63, 3.8) is 0 Å². The topological polar surface area (TPSA) is 12.9 Å². The fraction of sp³-hybridized carbons (Fsp3) is 0.0625. The number of benzene rings is 2. The Morgan fingerprint density at radius 1 is 0.944 bits per heavy atom. The van der Waals surface area contributed by atoms with Gasteiger partial charge < -0.3 is 0 Å². The Bertz CT molecular complexity index is 702. The number of fused-ring (bicyclic) bond motifs is 1. The minimum absolute atomic E-state index is 1.05. The molecule has 3 aromatic rings. The van der Waals surface area contributed by atoms with Crippen molar-refractivity contribution in [2.75, 3.05) is 0 Å². The van der Waals surface area contributed by atoms with E-state index >= 15 is 0 Å². The van der Waals surface area contributed by atoms with E-state index < -0.39 is 0 Å². The summed E-state index contributed by atoms with van der Waals surface area (Å²) in [4.78, 5) is 4.69. The molecule has 1 nitrogen and oxygen atoms in total. The van der Waals surface area contributed by atoms with Crippen molar-refractivity contribution in [2.24, 2.45) is 0 Å². The molecule has 18 heavy (non-hydrogen) atoms. The van der Waals surface area contributed by atoms with Crippen LogP contribution in [0.4, 0.5) is 0 Å². The molecule has 0 saturated carbocycles. The Balaban J connectivity index is 2.31. The van der Waals surface area contributed by atoms with Crippen LogP contribution in [-0.2, 0) is 0 Å². The number of aromatic nitrogens is 1. The highest BCUT2D eigenvalue weighted by atomic mass is 79.9. The lowest BCUT2D eigenvalue weighted by molar-refractivity contribution is 1.23. The zero-order chi connectivity index (χ0) is 12.5. The second-order valence-corrected chi connectivity index (χ2v) is 5.26. The lowest BCUT2D eigenvalue weighted by Gasteiger charge is -2.07. The maximum Gasteiger partial charge on any atom is 0.0783 e. The predicted molar refractivity (Wildman–Crippen MR) is 79.6 cm³/mol. The molecule has 0 spiro atoms. The van der Waals surface area contributed by atoms with Crippen LogP contribution in [0.3, 0.4) is 0 Å². The quantitative estimate of drug-likeness (QED) is 0.618. The van der Waals surface area contributed by atoms with Gasteiger partial charge in [-0.2, -0.15) is 0 Å². The van der Waals surface area contributed by atoms with Crippen molar-refractivity contribution in [1.29, 1.82) is 0 Å². The molecular weight excluding hydrogens is 286 g/mol. The molecule has 0 radical (unpaired) electrons. The molecule has 0 bridgehead atoms. The number of rotatable bonds is 1. The number of aryl methyl sites for hydroxylation is 1. The molecule has 88 valence electrons. The summed E-state index contributed by atoms with van der Waals surface area (Å²) in [5, 5.41) is 2.44. The average molecular weight is 298 g/mol. The molecule has 3 rings (SSSR count). The maximum absolute atomic E-state index is 4.69. The summed E-state index contributed by atoms with van der Waals surface area (Å²) in [5.74, 6) is 0. The van der Waals surface area contributed by atoms with Crippen LogP contribution in [0.1, 0.15) is 5.69 Å². The lowest BCUT2D eigenvalue weighted by atomic mass is 10.0. The first-order valence-corrected chi connectivity index (χ1v) is 6.66. The highest BCUT2D eigenvalue weighted by Crippen LogP contribution is 2.28. The largest absolute Gasteiger partial charge is 0.252 e. The van der Waals surface area contributed by atoms with E-state index in [0.717, 1.165) is 21.4 Å². The van der Waals surface area contributed by atoms with E-state index in [-0.39, 0.29) is 0 Å². The first-order valence-electron chi connectivity index (χ1n) is 5.86. The second kappa shape index (κ2) is 4.54. The lowest BCUT2D eigenvalue weighted by Crippen LogP contribution is -1.89. The molecule has 2 aromatic carbocycles. The van der Waals surface area contributed by atoms with E-state index in [9.17, 15) is 0 Å². The van der Waals surface area contributed by atoms with Gasteiger partial charge in [-0.25, -0.2) is 0 Å². The number of nitrogens with zero attached hydrogens (tertiary/aromatic N) is 1. The van der Waals surface area contributed by atoms with Gasteiger partial charge >= 0.3 is 0 Å². The summed E-state index contributed by atoms with van der Waals surface area (Å²) >= 11 is 3.46. The van der Waals surface area contributed by atoms with Gasteiger partial charge in [0.25, 0.3) is 0 Å². The third-order valence-corrected chi connectivity index (χ3v) is 3.51. The molecule has 1 heterocycles. The number of pyridine rings is 1. The fourth-order valence-corrected chi connectivity index (χ4v) is 2.42. The second-order valence-electron chi connectivity index (χ2n) is 4.34. The maximum atomic E-state index is 4.69. The van der Waals surface area contributed by atoms with Crippen LogP contribution >= 0.6 is 15.9 Å². The van der Waals surface area contributed by atoms with E-state index in [1.165, 1.54) is 10.8 Å². The molecule has 0 aliphatic rings. The summed E-state index contributed by atoms with van der Waals surface area (Å²) in [6.45, 7) is 2.04. The fourth-order valence-electron chi connectivity index (χ4n) is 2.16. The van der Waals surface area contributed by atoms with Crippen molar-refractivity contribution < 1.29 is 0 Å². The highest BCUT2D eigenvalue weighted by molar-refractivity contribution is 9.10. The summed E-state index contributed by atoms with van der Waals surface area (Å²) in [6, 6.07) is 18.8. The Labute approximate surface area is 115 Å². The van der Waals surface area contributed by atoms with Crippen molar-refractivity contribution >= 4 is 26.7 Å². The Morgan fingerprint density at radius 3 is 2.44 bits per heavy atom. The summed E-state index contributed by atoms with van der Waals surface area (Å²) < 4.78 is 1.09. The molecule has 1 aromatic heterocycles. The summed E-state index contributed by atoms with van der Waals surface area (Å²) in [5.41, 5.74) is 3.25. The Morgan fingerprint density at radius 2 is 1.67 bits per heavy atom. The third kappa shape index (κ3) is 2.04. The van der Waals surface area contributed by atoms with E-state index in [2.05, 4.69) is 63.4 Å². The molecule has 0 amide bonds. The van der Waals surface area contributed by atoms with Gasteiger partial charge in [0.15, 0.2) is 0 Å². The molecule has 0 unspecified atom stereocenters. The van der Waals surface area contributed by atoms with Crippen LogP contribution < -0.4 is 0 Å². The van der Waals surface area contributed by atoms with Crippen LogP contribution in [-0.4, -0.2) is 4.98 Å². The molecule has 0 aliphatic carbocycles. The van der Waals surface area contributed by atoms with Crippen molar-refractivity contribution in [1.82, 2.24) is 4.98 Å². The van der Waals surface area contributed by atoms with Gasteiger partial charge in [0, 0.05) is 21.1 Å². The summed E-state index contributed by atoms with van der Waals surface area (Å²) in [6.07, 6.45) is 0. The number of hydrogen-bond donors (Lipinski definition) is 0. The van der Waals surface area contributed by atoms with Crippen LogP contribution in [0.5, 0.6) is 0 Å². The normalized spacial score (nSPS) is 10.8. The van der Waals surface area contributed by atoms with Gasteiger partial charge in [-0.3, -0.25) is 4.98 Å². The van der Waals surface area contributed by atoms with Gasteiger partial charge in [-0.05, 0) is 30.5 Å². The van der Waals surface area contributed by atoms with Crippen molar-refractivity contribution in [2.45, 2.75) is 6.92 Å².